The summed E-state index contributed by atoms with van der Waals surface area (Å²) < 4.78 is 3.03. The van der Waals surface area contributed by atoms with Gasteiger partial charge in [-0.15, -0.1) is 12.4 Å². The van der Waals surface area contributed by atoms with Crippen molar-refractivity contribution in [3.63, 3.8) is 0 Å². The van der Waals surface area contributed by atoms with E-state index in [9.17, 15) is 4.79 Å². The zero-order valence-corrected chi connectivity index (χ0v) is 14.4. The van der Waals surface area contributed by atoms with E-state index >= 15 is 0 Å². The summed E-state index contributed by atoms with van der Waals surface area (Å²) in [7, 11) is 0. The van der Waals surface area contributed by atoms with Crippen LogP contribution in [0.1, 0.15) is 38.1 Å². The van der Waals surface area contributed by atoms with Crippen LogP contribution in [0.3, 0.4) is 0 Å². The third kappa shape index (κ3) is 3.99. The maximum Gasteiger partial charge on any atom is 0.239 e. The normalized spacial score (nSPS) is 23.7. The molecule has 118 valence electrons. The fourth-order valence-corrected chi connectivity index (χ4v) is 3.45. The number of carbonyl (C=O) groups is 1. The van der Waals surface area contributed by atoms with E-state index in [1.807, 2.05) is 22.0 Å². The summed E-state index contributed by atoms with van der Waals surface area (Å²) in [6.07, 6.45) is 9.18. The molecule has 7 heteroatoms. The van der Waals surface area contributed by atoms with Gasteiger partial charge in [-0.25, -0.2) is 0 Å². The molecule has 0 bridgehead atoms. The molecule has 3 heterocycles. The highest BCUT2D eigenvalue weighted by Crippen LogP contribution is 2.24. The molecule has 1 N–H and O–H groups in total. The minimum Gasteiger partial charge on any atom is -0.341 e. The molecule has 0 radical (unpaired) electrons. The number of amides is 1. The van der Waals surface area contributed by atoms with Crippen molar-refractivity contribution in [1.29, 1.82) is 0 Å². The molecule has 5 nitrogen and oxygen atoms in total. The van der Waals surface area contributed by atoms with Gasteiger partial charge < -0.3 is 10.2 Å². The second-order valence-electron chi connectivity index (χ2n) is 5.70. The van der Waals surface area contributed by atoms with Crippen molar-refractivity contribution in [3.05, 3.63) is 16.9 Å². The largest absolute Gasteiger partial charge is 0.341 e. The van der Waals surface area contributed by atoms with E-state index in [1.165, 1.54) is 12.8 Å². The van der Waals surface area contributed by atoms with Crippen LogP contribution in [0.5, 0.6) is 0 Å². The van der Waals surface area contributed by atoms with E-state index in [1.54, 1.807) is 0 Å². The highest BCUT2D eigenvalue weighted by Gasteiger charge is 2.29. The predicted octanol–water partition coefficient (Wildman–Crippen LogP) is 2.37. The smallest absolute Gasteiger partial charge is 0.239 e. The zero-order valence-electron chi connectivity index (χ0n) is 12.0. The SMILES string of the molecule is Cl.O=C(C1CCCCN1)N1CCC(n2cc(Br)cn2)CC1. The van der Waals surface area contributed by atoms with Crippen LogP contribution in [0, 0.1) is 0 Å². The lowest BCUT2D eigenvalue weighted by Gasteiger charge is -2.35. The topological polar surface area (TPSA) is 50.2 Å². The lowest BCUT2D eigenvalue weighted by atomic mass is 10.0. The van der Waals surface area contributed by atoms with Crippen LogP contribution in [-0.4, -0.2) is 46.3 Å². The fourth-order valence-electron chi connectivity index (χ4n) is 3.15. The Labute approximate surface area is 140 Å². The molecule has 0 saturated carbocycles. The third-order valence-corrected chi connectivity index (χ3v) is 4.74. The number of aromatic nitrogens is 2. The van der Waals surface area contributed by atoms with Gasteiger partial charge in [-0.3, -0.25) is 9.48 Å². The molecule has 2 aliphatic heterocycles. The molecule has 2 fully saturated rings. The van der Waals surface area contributed by atoms with Crippen molar-refractivity contribution in [2.75, 3.05) is 19.6 Å². The summed E-state index contributed by atoms with van der Waals surface area (Å²) in [6.45, 7) is 2.67. The minimum atomic E-state index is 0. The lowest BCUT2D eigenvalue weighted by Crippen LogP contribution is -2.50. The molecule has 3 rings (SSSR count). The zero-order chi connectivity index (χ0) is 13.9. The fraction of sp³-hybridized carbons (Fsp3) is 0.714. The van der Waals surface area contributed by atoms with Gasteiger partial charge in [-0.05, 0) is 48.2 Å². The van der Waals surface area contributed by atoms with Gasteiger partial charge in [0.25, 0.3) is 0 Å². The van der Waals surface area contributed by atoms with E-state index in [2.05, 4.69) is 26.3 Å². The number of rotatable bonds is 2. The maximum atomic E-state index is 12.4. The number of hydrogen-bond donors (Lipinski definition) is 1. The number of nitrogens with zero attached hydrogens (tertiary/aromatic N) is 3. The van der Waals surface area contributed by atoms with Crippen molar-refractivity contribution >= 4 is 34.2 Å². The van der Waals surface area contributed by atoms with Crippen molar-refractivity contribution in [2.45, 2.75) is 44.2 Å². The molecule has 2 aliphatic rings. The van der Waals surface area contributed by atoms with Gasteiger partial charge in [-0.1, -0.05) is 6.42 Å². The first-order chi connectivity index (χ1) is 9.74. The summed E-state index contributed by atoms with van der Waals surface area (Å²) in [5, 5.41) is 7.70. The van der Waals surface area contributed by atoms with Gasteiger partial charge in [0.2, 0.25) is 5.91 Å². The monoisotopic (exact) mass is 376 g/mol. The van der Waals surface area contributed by atoms with Gasteiger partial charge in [0, 0.05) is 19.3 Å². The van der Waals surface area contributed by atoms with Crippen LogP contribution in [-0.2, 0) is 4.79 Å². The first kappa shape index (κ1) is 16.8. The number of likely N-dealkylation sites (tertiary alicyclic amines) is 1. The minimum absolute atomic E-state index is 0. The summed E-state index contributed by atoms with van der Waals surface area (Å²) in [4.78, 5) is 14.5. The van der Waals surface area contributed by atoms with Crippen LogP contribution in [0.4, 0.5) is 0 Å². The van der Waals surface area contributed by atoms with Crippen LogP contribution >= 0.6 is 28.3 Å². The highest BCUT2D eigenvalue weighted by molar-refractivity contribution is 9.10. The van der Waals surface area contributed by atoms with Crippen LogP contribution < -0.4 is 5.32 Å². The van der Waals surface area contributed by atoms with Gasteiger partial charge in [0.1, 0.15) is 0 Å². The molecular weight excluding hydrogens is 356 g/mol. The first-order valence-corrected chi connectivity index (χ1v) is 8.25. The van der Waals surface area contributed by atoms with Crippen molar-refractivity contribution in [1.82, 2.24) is 20.0 Å². The Bertz CT molecular complexity index is 467. The Morgan fingerprint density at radius 2 is 2.05 bits per heavy atom. The summed E-state index contributed by atoms with van der Waals surface area (Å²) >= 11 is 3.43. The second kappa shape index (κ2) is 7.61. The molecule has 21 heavy (non-hydrogen) atoms. The van der Waals surface area contributed by atoms with E-state index in [0.717, 1.165) is 43.4 Å². The Morgan fingerprint density at radius 1 is 1.29 bits per heavy atom. The molecule has 0 spiro atoms. The maximum absolute atomic E-state index is 12.4. The van der Waals surface area contributed by atoms with Crippen molar-refractivity contribution in [2.24, 2.45) is 0 Å². The summed E-state index contributed by atoms with van der Waals surface area (Å²) in [6, 6.07) is 0.476. The quantitative estimate of drug-likeness (QED) is 0.861. The molecule has 0 aliphatic carbocycles. The second-order valence-corrected chi connectivity index (χ2v) is 6.61. The Kier molecular flexibility index (Phi) is 6.08. The first-order valence-electron chi connectivity index (χ1n) is 7.46. The van der Waals surface area contributed by atoms with Crippen LogP contribution in [0.2, 0.25) is 0 Å². The number of carbonyl (C=O) groups excluding carboxylic acids is 1. The predicted molar refractivity (Wildman–Crippen MR) is 87.7 cm³/mol. The van der Waals surface area contributed by atoms with E-state index < -0.39 is 0 Å². The molecule has 1 atom stereocenters. The summed E-state index contributed by atoms with van der Waals surface area (Å²) in [5.41, 5.74) is 0. The highest BCUT2D eigenvalue weighted by atomic mass is 79.9. The number of nitrogens with one attached hydrogen (secondary N) is 1. The molecule has 2 saturated heterocycles. The number of hydrogen-bond acceptors (Lipinski definition) is 3. The molecule has 1 unspecified atom stereocenters. The molecule has 1 aromatic heterocycles. The van der Waals surface area contributed by atoms with Gasteiger partial charge >= 0.3 is 0 Å². The molecular formula is C14H22BrClN4O. The van der Waals surface area contributed by atoms with E-state index in [-0.39, 0.29) is 18.4 Å². The van der Waals surface area contributed by atoms with Crippen LogP contribution in [0.25, 0.3) is 0 Å². The molecule has 1 amide bonds. The number of halogens is 2. The van der Waals surface area contributed by atoms with E-state index in [4.69, 9.17) is 0 Å². The average molecular weight is 378 g/mol. The average Bonchev–Trinajstić information content (AvgIpc) is 2.94. The van der Waals surface area contributed by atoms with Crippen molar-refractivity contribution < 1.29 is 4.79 Å². The van der Waals surface area contributed by atoms with Crippen LogP contribution in [0.15, 0.2) is 16.9 Å². The Hall–Kier alpha value is -0.590. The third-order valence-electron chi connectivity index (χ3n) is 4.33. The molecule has 1 aromatic rings. The molecule has 0 aromatic carbocycles. The van der Waals surface area contributed by atoms with Gasteiger partial charge in [0.15, 0.2) is 0 Å². The summed E-state index contributed by atoms with van der Waals surface area (Å²) in [5.74, 6) is 0.296. The lowest BCUT2D eigenvalue weighted by molar-refractivity contribution is -0.135. The Balaban J connectivity index is 0.00000161. The Morgan fingerprint density at radius 3 is 2.62 bits per heavy atom. The van der Waals surface area contributed by atoms with E-state index in [0.29, 0.717) is 11.9 Å². The standard InChI is InChI=1S/C14H21BrN4O.ClH/c15-11-9-17-19(10-11)12-4-7-18(8-5-12)14(20)13-3-1-2-6-16-13;/h9-10,12-13,16H,1-8H2;1H. The number of piperidine rings is 2. The van der Waals surface area contributed by atoms with Crippen molar-refractivity contribution in [3.8, 4) is 0 Å². The van der Waals surface area contributed by atoms with Gasteiger partial charge in [0.05, 0.1) is 22.8 Å². The van der Waals surface area contributed by atoms with Gasteiger partial charge in [-0.2, -0.15) is 5.10 Å².